The summed E-state index contributed by atoms with van der Waals surface area (Å²) in [5, 5.41) is 2.25. The van der Waals surface area contributed by atoms with Crippen LogP contribution in [0, 0.1) is 0 Å². The van der Waals surface area contributed by atoms with Crippen molar-refractivity contribution < 1.29 is 35.2 Å². The van der Waals surface area contributed by atoms with Gasteiger partial charge in [0, 0.05) is 31.2 Å². The Hall–Kier alpha value is -6.93. The van der Waals surface area contributed by atoms with E-state index in [9.17, 15) is 25.9 Å². The van der Waals surface area contributed by atoms with Crippen LogP contribution in [0.4, 0.5) is 5.69 Å². The fraction of sp³-hybridized carbons (Fsp3) is 0.169. The van der Waals surface area contributed by atoms with Gasteiger partial charge in [-0.2, -0.15) is 4.57 Å². The molecule has 1 aliphatic heterocycles. The minimum atomic E-state index is -4.73. The molecule has 2 heterocycles. The summed E-state index contributed by atoms with van der Waals surface area (Å²) in [6, 6.07) is 59.4. The molecule has 0 bridgehead atoms. The van der Waals surface area contributed by atoms with E-state index < -0.39 is 30.7 Å². The number of hydrogen-bond acceptors (Lipinski definition) is 9. The van der Waals surface area contributed by atoms with Crippen molar-refractivity contribution in [2.24, 2.45) is 0 Å². The van der Waals surface area contributed by atoms with Crippen molar-refractivity contribution in [3.8, 4) is 28.0 Å². The second-order valence-corrected chi connectivity index (χ2v) is 22.4. The van der Waals surface area contributed by atoms with Crippen molar-refractivity contribution in [2.45, 2.75) is 56.1 Å². The Morgan fingerprint density at radius 3 is 1.75 bits per heavy atom. The summed E-state index contributed by atoms with van der Waals surface area (Å²) in [7, 11) is -9.44. The zero-order chi connectivity index (χ0) is 49.1. The summed E-state index contributed by atoms with van der Waals surface area (Å²) in [6.45, 7) is 2.48. The topological polar surface area (TPSA) is 131 Å². The van der Waals surface area contributed by atoms with Gasteiger partial charge in [-0.25, -0.2) is 16.8 Å². The second kappa shape index (κ2) is 20.4. The predicted molar refractivity (Wildman–Crippen MR) is 285 cm³/mol. The number of aromatic nitrogens is 1. The minimum absolute atomic E-state index is 0.0402. The zero-order valence-corrected chi connectivity index (χ0v) is 41.5. The number of hydrogen-bond donors (Lipinski definition) is 0. The molecule has 1 aliphatic rings. The molecule has 12 heteroatoms. The van der Waals surface area contributed by atoms with Crippen LogP contribution in [-0.2, 0) is 39.6 Å². The highest BCUT2D eigenvalue weighted by Gasteiger charge is 2.30. The van der Waals surface area contributed by atoms with Crippen LogP contribution in [0.1, 0.15) is 42.3 Å². The van der Waals surface area contributed by atoms with E-state index in [0.29, 0.717) is 18.1 Å². The Labute approximate surface area is 419 Å². The first kappa shape index (κ1) is 47.7. The van der Waals surface area contributed by atoms with Gasteiger partial charge in [0.2, 0.25) is 11.4 Å². The average Bonchev–Trinajstić information content (AvgIpc) is 3.91. The van der Waals surface area contributed by atoms with Crippen LogP contribution in [0.15, 0.2) is 200 Å². The number of anilines is 1. The highest BCUT2D eigenvalue weighted by molar-refractivity contribution is 7.86. The first-order valence-electron chi connectivity index (χ1n) is 23.8. The van der Waals surface area contributed by atoms with Crippen LogP contribution in [0.25, 0.3) is 60.1 Å². The molecule has 0 saturated heterocycles. The number of benzene rings is 8. The van der Waals surface area contributed by atoms with Gasteiger partial charge in [0.1, 0.15) is 4.70 Å². The van der Waals surface area contributed by atoms with Gasteiger partial charge >= 0.3 is 0 Å². The smallest absolute Gasteiger partial charge is 0.263 e. The van der Waals surface area contributed by atoms with Crippen LogP contribution in [0.3, 0.4) is 0 Å². The van der Waals surface area contributed by atoms with Gasteiger partial charge < -0.3 is 18.7 Å². The molecule has 10 rings (SSSR count). The summed E-state index contributed by atoms with van der Waals surface area (Å²) >= 11 is 1.57. The molecule has 8 aromatic carbocycles. The third kappa shape index (κ3) is 10.6. The maximum atomic E-state index is 13.1. The molecule has 0 amide bonds. The fourth-order valence-corrected chi connectivity index (χ4v) is 12.4. The summed E-state index contributed by atoms with van der Waals surface area (Å²) < 4.78 is 88.3. The number of rotatable bonds is 17. The maximum absolute atomic E-state index is 13.1. The standard InChI is InChI=1S/C59H52N2O7S3/c1-2-41(35-58-60(54-39-46(27-29-56(54)68-58)42-15-5-3-6-16-42)33-31-50(70(62,63)64)37-48-23-13-21-44-19-9-11-25-52(44)48)36-59-61(55-40-47(28-30-57(55)69-59)43-17-7-4-8-18-43)34-32-51(71(65,66)67)38-49-24-14-22-45-20-10-12-26-53(45)49/h3-30,35-36,39-40,50-51H,2,31-34,37-38H2,1H3,(H-,62,63,64,65,66,67)/p-1. The SMILES string of the molecule is CCC(=Cc1sc2ccc(-c3ccccc3)cc2[n+]1CCC(Cc1cccc2ccccc12)S(=O)(=O)[O-])C=C1Oc2ccc(-c3ccccc3)cc2N1CCC(Cc1cccc2ccccc12)S(=O)(=O)[O-]. The lowest BCUT2D eigenvalue weighted by atomic mass is 10.00. The normalized spacial score (nSPS) is 14.5. The third-order valence-electron chi connectivity index (χ3n) is 13.5. The minimum Gasteiger partial charge on any atom is -0.748 e. The highest BCUT2D eigenvalue weighted by atomic mass is 32.2. The number of thiazole rings is 1. The van der Waals surface area contributed by atoms with E-state index in [1.54, 1.807) is 11.3 Å². The molecule has 1 aromatic heterocycles. The van der Waals surface area contributed by atoms with Gasteiger partial charge in [-0.1, -0.05) is 176 Å². The monoisotopic (exact) mass is 995 g/mol. The summed E-state index contributed by atoms with van der Waals surface area (Å²) in [5.41, 5.74) is 8.15. The van der Waals surface area contributed by atoms with Crippen LogP contribution >= 0.6 is 11.3 Å². The molecule has 0 fully saturated rings. The molecule has 0 radical (unpaired) electrons. The van der Waals surface area contributed by atoms with Crippen molar-refractivity contribution >= 4 is 75.1 Å². The lowest BCUT2D eigenvalue weighted by molar-refractivity contribution is -0.669. The molecule has 0 aliphatic carbocycles. The number of allylic oxidation sites excluding steroid dienone is 2. The number of fused-ring (bicyclic) bond motifs is 4. The third-order valence-corrected chi connectivity index (χ3v) is 17.1. The maximum Gasteiger partial charge on any atom is 0.263 e. The van der Waals surface area contributed by atoms with Crippen LogP contribution in [0.2, 0.25) is 0 Å². The van der Waals surface area contributed by atoms with Gasteiger partial charge in [0.05, 0.1) is 36.4 Å². The van der Waals surface area contributed by atoms with E-state index in [2.05, 4.69) is 41.0 Å². The number of ether oxygens (including phenoxy) is 1. The Morgan fingerprint density at radius 1 is 0.620 bits per heavy atom. The Kier molecular flexibility index (Phi) is 13.7. The van der Waals surface area contributed by atoms with Crippen LogP contribution < -0.4 is 14.2 Å². The van der Waals surface area contributed by atoms with Crippen LogP contribution in [-0.4, -0.2) is 43.0 Å². The molecule has 71 heavy (non-hydrogen) atoms. The summed E-state index contributed by atoms with van der Waals surface area (Å²) in [5.74, 6) is 1.08. The van der Waals surface area contributed by atoms with E-state index >= 15 is 0 Å². The second-order valence-electron chi connectivity index (χ2n) is 18.0. The Morgan fingerprint density at radius 2 is 1.15 bits per heavy atom. The molecule has 0 spiro atoms. The van der Waals surface area contributed by atoms with Gasteiger partial charge in [-0.05, 0) is 104 Å². The molecule has 0 saturated carbocycles. The zero-order valence-electron chi connectivity index (χ0n) is 39.1. The largest absolute Gasteiger partial charge is 0.748 e. The molecule has 2 atom stereocenters. The van der Waals surface area contributed by atoms with Gasteiger partial charge in [0.25, 0.3) is 5.01 Å². The van der Waals surface area contributed by atoms with E-state index in [1.165, 1.54) is 0 Å². The number of aryl methyl sites for hydroxylation is 1. The molecule has 2 unspecified atom stereocenters. The predicted octanol–water partition coefficient (Wildman–Crippen LogP) is 12.5. The van der Waals surface area contributed by atoms with E-state index in [4.69, 9.17) is 4.74 Å². The molecule has 9 aromatic rings. The van der Waals surface area contributed by atoms with Crippen LogP contribution in [0.5, 0.6) is 5.75 Å². The quantitative estimate of drug-likeness (QED) is 0.0651. The average molecular weight is 996 g/mol. The summed E-state index contributed by atoms with van der Waals surface area (Å²) in [6.07, 6.45) is 4.89. The van der Waals surface area contributed by atoms with Crippen molar-refractivity contribution in [3.05, 3.63) is 216 Å². The van der Waals surface area contributed by atoms with Gasteiger partial charge in [-0.15, -0.1) is 0 Å². The Bertz CT molecular complexity index is 3690. The van der Waals surface area contributed by atoms with Crippen molar-refractivity contribution in [3.63, 3.8) is 0 Å². The van der Waals surface area contributed by atoms with E-state index in [0.717, 1.165) is 81.4 Å². The van der Waals surface area contributed by atoms with Crippen molar-refractivity contribution in [1.82, 2.24) is 0 Å². The highest BCUT2D eigenvalue weighted by Crippen LogP contribution is 2.43. The summed E-state index contributed by atoms with van der Waals surface area (Å²) in [4.78, 5) is 1.97. The fourth-order valence-electron chi connectivity index (χ4n) is 9.74. The van der Waals surface area contributed by atoms with Gasteiger partial charge in [-0.3, -0.25) is 0 Å². The molecular weight excluding hydrogens is 945 g/mol. The molecule has 9 nitrogen and oxygen atoms in total. The first-order valence-corrected chi connectivity index (χ1v) is 27.6. The number of nitrogens with zero attached hydrogens (tertiary/aromatic N) is 2. The van der Waals surface area contributed by atoms with E-state index in [-0.39, 0.29) is 38.8 Å². The first-order chi connectivity index (χ1) is 34.4. The lowest BCUT2D eigenvalue weighted by Gasteiger charge is -2.25. The Balaban J connectivity index is 1.03. The lowest BCUT2D eigenvalue weighted by Crippen LogP contribution is -2.38. The van der Waals surface area contributed by atoms with E-state index in [1.807, 2.05) is 170 Å². The van der Waals surface area contributed by atoms with Gasteiger partial charge in [0.15, 0.2) is 12.3 Å². The molecular formula is C59H51N2O7S3-. The van der Waals surface area contributed by atoms with Crippen molar-refractivity contribution in [2.75, 3.05) is 11.4 Å². The van der Waals surface area contributed by atoms with Crippen molar-refractivity contribution in [1.29, 1.82) is 0 Å². The molecule has 358 valence electrons. The molecule has 0 N–H and O–H groups in total.